The molecule has 1 rings (SSSR count). The summed E-state index contributed by atoms with van der Waals surface area (Å²) in [5.41, 5.74) is 8.51. The molecule has 7 nitrogen and oxygen atoms in total. The standard InChI is InChI=1S/C10H11N3O4/c11-13-12-5-8(14)9(15)6-1-3-7(4-2-6)10(16)17/h1-4,8-9,14-15H,5H2,(H,16,17). The molecule has 2 unspecified atom stereocenters. The molecule has 0 aromatic heterocycles. The van der Waals surface area contributed by atoms with Crippen LogP contribution in [0.15, 0.2) is 29.4 Å². The number of azide groups is 1. The van der Waals surface area contributed by atoms with Crippen LogP contribution in [0.3, 0.4) is 0 Å². The molecule has 17 heavy (non-hydrogen) atoms. The summed E-state index contributed by atoms with van der Waals surface area (Å²) in [5, 5.41) is 30.9. The Balaban J connectivity index is 2.78. The number of aromatic carboxylic acids is 1. The van der Waals surface area contributed by atoms with Crippen molar-refractivity contribution in [2.75, 3.05) is 6.54 Å². The van der Waals surface area contributed by atoms with Crippen molar-refractivity contribution in [1.82, 2.24) is 0 Å². The lowest BCUT2D eigenvalue weighted by atomic mass is 10.0. The van der Waals surface area contributed by atoms with E-state index < -0.39 is 18.2 Å². The summed E-state index contributed by atoms with van der Waals surface area (Å²) in [6.07, 6.45) is -2.44. The Hall–Kier alpha value is -2.08. The highest BCUT2D eigenvalue weighted by Crippen LogP contribution is 2.17. The third-order valence-corrected chi connectivity index (χ3v) is 2.20. The van der Waals surface area contributed by atoms with Gasteiger partial charge in [0, 0.05) is 4.91 Å². The van der Waals surface area contributed by atoms with Crippen LogP contribution in [0.1, 0.15) is 22.0 Å². The van der Waals surface area contributed by atoms with Crippen LogP contribution in [0.5, 0.6) is 0 Å². The maximum Gasteiger partial charge on any atom is 0.335 e. The Labute approximate surface area is 96.6 Å². The molecule has 3 N–H and O–H groups in total. The van der Waals surface area contributed by atoms with Crippen molar-refractivity contribution in [2.24, 2.45) is 5.11 Å². The van der Waals surface area contributed by atoms with Gasteiger partial charge in [-0.3, -0.25) is 0 Å². The van der Waals surface area contributed by atoms with Gasteiger partial charge >= 0.3 is 5.97 Å². The van der Waals surface area contributed by atoms with Gasteiger partial charge in [-0.1, -0.05) is 17.2 Å². The van der Waals surface area contributed by atoms with E-state index in [-0.39, 0.29) is 12.1 Å². The molecule has 0 aliphatic rings. The first-order valence-electron chi connectivity index (χ1n) is 4.76. The minimum Gasteiger partial charge on any atom is -0.478 e. The Morgan fingerprint density at radius 2 is 1.94 bits per heavy atom. The van der Waals surface area contributed by atoms with Gasteiger partial charge in [0.2, 0.25) is 0 Å². The normalized spacial score (nSPS) is 13.5. The van der Waals surface area contributed by atoms with E-state index in [1.165, 1.54) is 24.3 Å². The smallest absolute Gasteiger partial charge is 0.335 e. The molecule has 0 radical (unpaired) electrons. The summed E-state index contributed by atoms with van der Waals surface area (Å²) in [6.45, 7) is -0.252. The molecular weight excluding hydrogens is 226 g/mol. The van der Waals surface area contributed by atoms with E-state index in [2.05, 4.69) is 10.0 Å². The summed E-state index contributed by atoms with van der Waals surface area (Å²) < 4.78 is 0. The van der Waals surface area contributed by atoms with Crippen LogP contribution in [-0.4, -0.2) is 33.9 Å². The molecule has 0 bridgehead atoms. The molecule has 7 heteroatoms. The zero-order valence-electron chi connectivity index (χ0n) is 8.76. The van der Waals surface area contributed by atoms with Crippen molar-refractivity contribution in [3.05, 3.63) is 45.8 Å². The number of aliphatic hydroxyl groups excluding tert-OH is 2. The predicted octanol–water partition coefficient (Wildman–Crippen LogP) is 1.09. The second-order valence-corrected chi connectivity index (χ2v) is 3.35. The molecule has 1 aromatic carbocycles. The lowest BCUT2D eigenvalue weighted by Crippen LogP contribution is -2.21. The lowest BCUT2D eigenvalue weighted by molar-refractivity contribution is 0.0244. The molecule has 0 saturated carbocycles. The van der Waals surface area contributed by atoms with Crippen molar-refractivity contribution in [3.8, 4) is 0 Å². The number of hydrogen-bond acceptors (Lipinski definition) is 4. The number of carbonyl (C=O) groups is 1. The SMILES string of the molecule is [N-]=[N+]=NCC(O)C(O)c1ccc(C(=O)O)cc1. The molecule has 0 fully saturated rings. The monoisotopic (exact) mass is 237 g/mol. The molecule has 0 spiro atoms. The number of carboxylic acid groups (broad SMARTS) is 1. The fourth-order valence-corrected chi connectivity index (χ4v) is 1.27. The number of hydrogen-bond donors (Lipinski definition) is 3. The summed E-state index contributed by atoms with van der Waals surface area (Å²) in [5.74, 6) is -1.07. The number of carboxylic acids is 1. The molecule has 0 aliphatic carbocycles. The van der Waals surface area contributed by atoms with Gasteiger partial charge in [-0.2, -0.15) is 0 Å². The van der Waals surface area contributed by atoms with Crippen LogP contribution in [0.2, 0.25) is 0 Å². The highest BCUT2D eigenvalue weighted by atomic mass is 16.4. The fourth-order valence-electron chi connectivity index (χ4n) is 1.27. The van der Waals surface area contributed by atoms with Gasteiger partial charge in [0.05, 0.1) is 18.2 Å². The van der Waals surface area contributed by atoms with Crippen molar-refractivity contribution in [3.63, 3.8) is 0 Å². The third kappa shape index (κ3) is 3.46. The highest BCUT2D eigenvalue weighted by Gasteiger charge is 2.17. The second kappa shape index (κ2) is 5.86. The van der Waals surface area contributed by atoms with Gasteiger partial charge in [-0.25, -0.2) is 4.79 Å². The average Bonchev–Trinajstić information content (AvgIpc) is 2.35. The lowest BCUT2D eigenvalue weighted by Gasteiger charge is -2.16. The van der Waals surface area contributed by atoms with Crippen LogP contribution in [0.4, 0.5) is 0 Å². The van der Waals surface area contributed by atoms with E-state index in [1.54, 1.807) is 0 Å². The van der Waals surface area contributed by atoms with Gasteiger partial charge in [-0.15, -0.1) is 0 Å². The van der Waals surface area contributed by atoms with E-state index in [0.29, 0.717) is 5.56 Å². The minimum absolute atomic E-state index is 0.0884. The van der Waals surface area contributed by atoms with Crippen LogP contribution < -0.4 is 0 Å². The Morgan fingerprint density at radius 3 is 2.41 bits per heavy atom. The van der Waals surface area contributed by atoms with Crippen LogP contribution in [-0.2, 0) is 0 Å². The summed E-state index contributed by atoms with van der Waals surface area (Å²) in [7, 11) is 0. The predicted molar refractivity (Wildman–Crippen MR) is 58.4 cm³/mol. The molecule has 0 amide bonds. The largest absolute Gasteiger partial charge is 0.478 e. The Morgan fingerprint density at radius 1 is 1.35 bits per heavy atom. The number of benzene rings is 1. The van der Waals surface area contributed by atoms with Gasteiger partial charge in [0.15, 0.2) is 0 Å². The molecule has 0 aliphatic heterocycles. The first-order valence-corrected chi connectivity index (χ1v) is 4.76. The van der Waals surface area contributed by atoms with E-state index in [1.807, 2.05) is 0 Å². The molecule has 1 aromatic rings. The fraction of sp³-hybridized carbons (Fsp3) is 0.300. The Kier molecular flexibility index (Phi) is 4.47. The maximum atomic E-state index is 10.6. The second-order valence-electron chi connectivity index (χ2n) is 3.35. The zero-order valence-corrected chi connectivity index (χ0v) is 8.76. The first kappa shape index (κ1) is 13.0. The molecular formula is C10H11N3O4. The Bertz CT molecular complexity index is 439. The number of rotatable bonds is 5. The quantitative estimate of drug-likeness (QED) is 0.402. The van der Waals surface area contributed by atoms with Gasteiger partial charge < -0.3 is 15.3 Å². The van der Waals surface area contributed by atoms with Crippen LogP contribution in [0, 0.1) is 0 Å². The highest BCUT2D eigenvalue weighted by molar-refractivity contribution is 5.87. The van der Waals surface area contributed by atoms with E-state index in [4.69, 9.17) is 10.6 Å². The number of nitrogens with zero attached hydrogens (tertiary/aromatic N) is 3. The molecule has 0 saturated heterocycles. The van der Waals surface area contributed by atoms with Crippen molar-refractivity contribution in [1.29, 1.82) is 0 Å². The third-order valence-electron chi connectivity index (χ3n) is 2.20. The van der Waals surface area contributed by atoms with E-state index >= 15 is 0 Å². The molecule has 0 heterocycles. The van der Waals surface area contributed by atoms with Crippen molar-refractivity contribution >= 4 is 5.97 Å². The van der Waals surface area contributed by atoms with Crippen LogP contribution >= 0.6 is 0 Å². The summed E-state index contributed by atoms with van der Waals surface area (Å²) >= 11 is 0. The maximum absolute atomic E-state index is 10.6. The zero-order chi connectivity index (χ0) is 12.8. The van der Waals surface area contributed by atoms with Gasteiger partial charge in [0.25, 0.3) is 0 Å². The molecule has 90 valence electrons. The van der Waals surface area contributed by atoms with E-state index in [0.717, 1.165) is 0 Å². The first-order chi connectivity index (χ1) is 8.06. The van der Waals surface area contributed by atoms with Crippen molar-refractivity contribution in [2.45, 2.75) is 12.2 Å². The summed E-state index contributed by atoms with van der Waals surface area (Å²) in [4.78, 5) is 13.1. The molecule has 2 atom stereocenters. The number of aliphatic hydroxyl groups is 2. The van der Waals surface area contributed by atoms with E-state index in [9.17, 15) is 15.0 Å². The summed E-state index contributed by atoms with van der Waals surface area (Å²) in [6, 6.07) is 5.43. The minimum atomic E-state index is -1.22. The van der Waals surface area contributed by atoms with Crippen molar-refractivity contribution < 1.29 is 20.1 Å². The topological polar surface area (TPSA) is 127 Å². The van der Waals surface area contributed by atoms with Gasteiger partial charge in [-0.05, 0) is 23.2 Å². The van der Waals surface area contributed by atoms with Gasteiger partial charge in [0.1, 0.15) is 6.10 Å². The van der Waals surface area contributed by atoms with Crippen LogP contribution in [0.25, 0.3) is 10.4 Å². The average molecular weight is 237 g/mol.